The van der Waals surface area contributed by atoms with Crippen molar-refractivity contribution < 1.29 is 50.5 Å². The first-order chi connectivity index (χ1) is 20.2. The van der Waals surface area contributed by atoms with Gasteiger partial charge in [-0.2, -0.15) is 26.3 Å². The molecular formula is C31H37F6NO5. The van der Waals surface area contributed by atoms with Crippen LogP contribution in [0.4, 0.5) is 26.3 Å². The molecule has 2 saturated heterocycles. The lowest BCUT2D eigenvalue weighted by Crippen LogP contribution is -2.50. The molecule has 0 amide bonds. The van der Waals surface area contributed by atoms with E-state index >= 15 is 0 Å². The van der Waals surface area contributed by atoms with Crippen LogP contribution >= 0.6 is 0 Å². The van der Waals surface area contributed by atoms with E-state index in [2.05, 4.69) is 4.90 Å². The molecule has 6 nitrogen and oxygen atoms in total. The molecule has 2 aromatic rings. The molecule has 0 saturated carbocycles. The Morgan fingerprint density at radius 3 is 2.33 bits per heavy atom. The number of benzene rings is 2. The third-order valence-corrected chi connectivity index (χ3v) is 8.24. The Balaban J connectivity index is 1.62. The second-order valence-electron chi connectivity index (χ2n) is 11.5. The van der Waals surface area contributed by atoms with E-state index in [-0.39, 0.29) is 31.2 Å². The molecule has 1 N–H and O–H groups in total. The predicted molar refractivity (Wildman–Crippen MR) is 145 cm³/mol. The van der Waals surface area contributed by atoms with E-state index in [1.165, 1.54) is 0 Å². The Morgan fingerprint density at radius 2 is 1.74 bits per heavy atom. The van der Waals surface area contributed by atoms with Crippen molar-refractivity contribution in [3.05, 3.63) is 70.8 Å². The Kier molecular flexibility index (Phi) is 10.5. The van der Waals surface area contributed by atoms with Crippen molar-refractivity contribution in [2.24, 2.45) is 11.3 Å². The number of aliphatic hydroxyl groups is 1. The lowest BCUT2D eigenvalue weighted by molar-refractivity contribution is -0.219. The number of hydrogen-bond donors (Lipinski definition) is 1. The van der Waals surface area contributed by atoms with Gasteiger partial charge in [0.05, 0.1) is 36.4 Å². The van der Waals surface area contributed by atoms with Crippen LogP contribution in [0.3, 0.4) is 0 Å². The summed E-state index contributed by atoms with van der Waals surface area (Å²) >= 11 is 0. The van der Waals surface area contributed by atoms with Crippen molar-refractivity contribution in [3.63, 3.8) is 0 Å². The third kappa shape index (κ3) is 8.09. The fourth-order valence-electron chi connectivity index (χ4n) is 6.13. The summed E-state index contributed by atoms with van der Waals surface area (Å²) < 4.78 is 98.6. The number of ether oxygens (including phenoxy) is 3. The maximum Gasteiger partial charge on any atom is 0.416 e. The number of likely N-dealkylation sites (tertiary alicyclic amines) is 1. The van der Waals surface area contributed by atoms with Crippen LogP contribution in [0.25, 0.3) is 0 Å². The van der Waals surface area contributed by atoms with Gasteiger partial charge in [-0.15, -0.1) is 0 Å². The van der Waals surface area contributed by atoms with Gasteiger partial charge in [-0.05, 0) is 74.9 Å². The van der Waals surface area contributed by atoms with Crippen LogP contribution in [-0.2, 0) is 31.4 Å². The van der Waals surface area contributed by atoms with Crippen molar-refractivity contribution in [1.29, 1.82) is 0 Å². The zero-order valence-electron chi connectivity index (χ0n) is 24.1. The summed E-state index contributed by atoms with van der Waals surface area (Å²) in [5.74, 6) is -0.789. The molecule has 0 spiro atoms. The average Bonchev–Trinajstić information content (AvgIpc) is 2.95. The van der Waals surface area contributed by atoms with Crippen molar-refractivity contribution in [2.45, 2.75) is 63.8 Å². The molecule has 2 aliphatic heterocycles. The Labute approximate surface area is 246 Å². The highest BCUT2D eigenvalue weighted by Gasteiger charge is 2.43. The average molecular weight is 618 g/mol. The van der Waals surface area contributed by atoms with Gasteiger partial charge in [0, 0.05) is 19.0 Å². The van der Waals surface area contributed by atoms with Gasteiger partial charge in [0.1, 0.15) is 6.10 Å². The zero-order valence-corrected chi connectivity index (χ0v) is 24.1. The molecule has 43 heavy (non-hydrogen) atoms. The fourth-order valence-corrected chi connectivity index (χ4v) is 6.13. The van der Waals surface area contributed by atoms with Gasteiger partial charge in [-0.1, -0.05) is 30.3 Å². The first-order valence-electron chi connectivity index (χ1n) is 14.4. The van der Waals surface area contributed by atoms with Gasteiger partial charge in [-0.25, -0.2) is 0 Å². The van der Waals surface area contributed by atoms with Crippen molar-refractivity contribution in [2.75, 3.05) is 39.5 Å². The number of aliphatic hydroxyl groups excluding tert-OH is 1. The highest BCUT2D eigenvalue weighted by Crippen LogP contribution is 2.42. The van der Waals surface area contributed by atoms with Crippen LogP contribution in [-0.4, -0.2) is 61.7 Å². The molecule has 0 aromatic heterocycles. The second-order valence-corrected chi connectivity index (χ2v) is 11.5. The standard InChI is InChI=1S/C31H37F6NO5/c1-3-41-28(40)29(2)11-7-12-38(19-29)17-21-10-13-42-27(26(21)20-8-5-4-6-9-20)43-25(18-39)22-14-23(30(32,33)34)16-24(15-22)31(35,36)37/h4-6,8-9,14-16,21,25-27,39H,3,7,10-13,17-19H2,1-2H3/t21-,25?,26-,27+,29?/m0/s1. The van der Waals surface area contributed by atoms with Crippen molar-refractivity contribution in [1.82, 2.24) is 4.90 Å². The van der Waals surface area contributed by atoms with E-state index in [1.54, 1.807) is 6.92 Å². The van der Waals surface area contributed by atoms with Crippen LogP contribution in [0.2, 0.25) is 0 Å². The quantitative estimate of drug-likeness (QED) is 0.253. The van der Waals surface area contributed by atoms with Gasteiger partial charge < -0.3 is 24.2 Å². The number of carbonyl (C=O) groups excluding carboxylic acids is 1. The molecule has 2 aliphatic rings. The summed E-state index contributed by atoms with van der Waals surface area (Å²) in [7, 11) is 0. The monoisotopic (exact) mass is 617 g/mol. The SMILES string of the molecule is CCOC(=O)C1(C)CCCN(C[C@@H]2CCO[C@H](OC(CO)c3cc(C(F)(F)F)cc(C(F)(F)F)c3)[C@H]2c2ccccc2)C1. The Bertz CT molecular complexity index is 1190. The molecular weight excluding hydrogens is 580 g/mol. The molecule has 2 unspecified atom stereocenters. The molecule has 0 aliphatic carbocycles. The highest BCUT2D eigenvalue weighted by atomic mass is 19.4. The minimum atomic E-state index is -5.04. The molecule has 4 rings (SSSR count). The summed E-state index contributed by atoms with van der Waals surface area (Å²) in [4.78, 5) is 14.9. The second kappa shape index (κ2) is 13.5. The lowest BCUT2D eigenvalue weighted by Gasteiger charge is -2.44. The number of halogens is 6. The van der Waals surface area contributed by atoms with E-state index < -0.39 is 59.4 Å². The maximum atomic E-state index is 13.5. The summed E-state index contributed by atoms with van der Waals surface area (Å²) in [6.45, 7) is 5.10. The van der Waals surface area contributed by atoms with Crippen LogP contribution < -0.4 is 0 Å². The van der Waals surface area contributed by atoms with Crippen molar-refractivity contribution in [3.8, 4) is 0 Å². The predicted octanol–water partition coefficient (Wildman–Crippen LogP) is 6.59. The normalized spacial score (nSPS) is 26.2. The number of hydrogen-bond acceptors (Lipinski definition) is 6. The molecule has 238 valence electrons. The fraction of sp³-hybridized carbons (Fsp3) is 0.581. The number of alkyl halides is 6. The van der Waals surface area contributed by atoms with Gasteiger partial charge in [0.15, 0.2) is 6.29 Å². The first kappa shape index (κ1) is 33.2. The Hall–Kier alpha value is -2.67. The van der Waals surface area contributed by atoms with Gasteiger partial charge in [-0.3, -0.25) is 4.79 Å². The number of rotatable bonds is 9. The third-order valence-electron chi connectivity index (χ3n) is 8.24. The van der Waals surface area contributed by atoms with Crippen LogP contribution in [0.15, 0.2) is 48.5 Å². The minimum absolute atomic E-state index is 0.0422. The van der Waals surface area contributed by atoms with E-state index in [9.17, 15) is 36.2 Å². The summed E-state index contributed by atoms with van der Waals surface area (Å²) in [6, 6.07) is 10.4. The number of nitrogens with zero attached hydrogens (tertiary/aromatic N) is 1. The van der Waals surface area contributed by atoms with E-state index in [1.807, 2.05) is 37.3 Å². The molecule has 2 fully saturated rings. The minimum Gasteiger partial charge on any atom is -0.466 e. The maximum absolute atomic E-state index is 13.5. The molecule has 2 aromatic carbocycles. The van der Waals surface area contributed by atoms with Crippen LogP contribution in [0.1, 0.15) is 67.4 Å². The zero-order chi connectivity index (χ0) is 31.4. The van der Waals surface area contributed by atoms with Crippen LogP contribution in [0, 0.1) is 11.3 Å². The van der Waals surface area contributed by atoms with Crippen LogP contribution in [0.5, 0.6) is 0 Å². The van der Waals surface area contributed by atoms with Gasteiger partial charge in [0.25, 0.3) is 0 Å². The van der Waals surface area contributed by atoms with Gasteiger partial charge in [0.2, 0.25) is 0 Å². The van der Waals surface area contributed by atoms with E-state index in [0.717, 1.165) is 18.5 Å². The number of esters is 1. The lowest BCUT2D eigenvalue weighted by atomic mass is 9.78. The molecule has 2 heterocycles. The molecule has 0 radical (unpaired) electrons. The smallest absolute Gasteiger partial charge is 0.416 e. The first-order valence-corrected chi connectivity index (χ1v) is 14.4. The molecule has 5 atom stereocenters. The highest BCUT2D eigenvalue weighted by molar-refractivity contribution is 5.76. The number of carbonyl (C=O) groups is 1. The topological polar surface area (TPSA) is 68.2 Å². The Morgan fingerprint density at radius 1 is 1.09 bits per heavy atom. The van der Waals surface area contributed by atoms with E-state index in [4.69, 9.17) is 14.2 Å². The largest absolute Gasteiger partial charge is 0.466 e. The summed E-state index contributed by atoms with van der Waals surface area (Å²) in [6.07, 6.45) is -10.6. The number of piperidine rings is 1. The van der Waals surface area contributed by atoms with E-state index in [0.29, 0.717) is 38.1 Å². The van der Waals surface area contributed by atoms with Gasteiger partial charge >= 0.3 is 18.3 Å². The molecule has 0 bridgehead atoms. The molecule has 12 heteroatoms. The summed E-state index contributed by atoms with van der Waals surface area (Å²) in [5, 5.41) is 10.1. The summed E-state index contributed by atoms with van der Waals surface area (Å²) in [5.41, 5.74) is -3.28. The van der Waals surface area contributed by atoms with Crippen molar-refractivity contribution >= 4 is 5.97 Å².